The first kappa shape index (κ1) is 10.9. The predicted octanol–water partition coefficient (Wildman–Crippen LogP) is 1.90. The molecule has 0 aromatic carbocycles. The van der Waals surface area contributed by atoms with Gasteiger partial charge in [0.05, 0.1) is 11.9 Å². The number of hydrogen-bond acceptors (Lipinski definition) is 4. The standard InChI is InChI=1S/C12H10N4OS/c1-16-6-9(5-13-16)10-4-11(17)15-12(14-10)8-2-3-18-7-8/h2-7H,1H3,(H,14,15,17). The van der Waals surface area contributed by atoms with Crippen molar-refractivity contribution in [2.24, 2.45) is 7.05 Å². The van der Waals surface area contributed by atoms with Gasteiger partial charge in [0.2, 0.25) is 0 Å². The van der Waals surface area contributed by atoms with Crippen molar-refractivity contribution in [3.8, 4) is 22.6 Å². The molecular weight excluding hydrogens is 248 g/mol. The molecule has 0 spiro atoms. The SMILES string of the molecule is Cn1cc(-c2cc(=O)[nH]c(-c3ccsc3)n2)cn1. The van der Waals surface area contributed by atoms with Crippen molar-refractivity contribution >= 4 is 11.3 Å². The second kappa shape index (κ2) is 4.23. The molecular formula is C12H10N4OS. The lowest BCUT2D eigenvalue weighted by atomic mass is 10.2. The molecule has 3 rings (SSSR count). The highest BCUT2D eigenvalue weighted by atomic mass is 32.1. The van der Waals surface area contributed by atoms with Crippen LogP contribution in [0.4, 0.5) is 0 Å². The second-order valence-corrected chi connectivity index (χ2v) is 4.67. The van der Waals surface area contributed by atoms with Crippen molar-refractivity contribution < 1.29 is 0 Å². The van der Waals surface area contributed by atoms with E-state index in [0.717, 1.165) is 11.1 Å². The number of aromatic amines is 1. The van der Waals surface area contributed by atoms with Gasteiger partial charge in [0.25, 0.3) is 5.56 Å². The minimum atomic E-state index is -0.162. The molecule has 3 aromatic rings. The molecule has 0 aliphatic heterocycles. The molecule has 0 bridgehead atoms. The maximum absolute atomic E-state index is 11.7. The topological polar surface area (TPSA) is 63.6 Å². The molecule has 3 aromatic heterocycles. The molecule has 0 unspecified atom stereocenters. The Kier molecular flexibility index (Phi) is 2.56. The Labute approximate surface area is 107 Å². The molecule has 0 saturated carbocycles. The Hall–Kier alpha value is -2.21. The summed E-state index contributed by atoms with van der Waals surface area (Å²) in [6.45, 7) is 0. The Balaban J connectivity index is 2.15. The van der Waals surface area contributed by atoms with E-state index >= 15 is 0 Å². The van der Waals surface area contributed by atoms with Crippen LogP contribution in [0.3, 0.4) is 0 Å². The number of thiophene rings is 1. The second-order valence-electron chi connectivity index (χ2n) is 3.89. The number of nitrogens with zero attached hydrogens (tertiary/aromatic N) is 3. The molecule has 1 N–H and O–H groups in total. The molecule has 0 aliphatic rings. The molecule has 0 radical (unpaired) electrons. The van der Waals surface area contributed by atoms with Crippen LogP contribution in [0, 0.1) is 0 Å². The van der Waals surface area contributed by atoms with Crippen molar-refractivity contribution in [3.05, 3.63) is 45.6 Å². The summed E-state index contributed by atoms with van der Waals surface area (Å²) < 4.78 is 1.68. The zero-order valence-corrected chi connectivity index (χ0v) is 10.4. The molecule has 3 heterocycles. The Morgan fingerprint density at radius 2 is 2.28 bits per heavy atom. The van der Waals surface area contributed by atoms with Crippen LogP contribution >= 0.6 is 11.3 Å². The molecule has 0 saturated heterocycles. The fourth-order valence-corrected chi connectivity index (χ4v) is 2.34. The van der Waals surface area contributed by atoms with Gasteiger partial charge in [-0.1, -0.05) is 0 Å². The van der Waals surface area contributed by atoms with Crippen molar-refractivity contribution in [1.29, 1.82) is 0 Å². The molecule has 18 heavy (non-hydrogen) atoms. The number of rotatable bonds is 2. The van der Waals surface area contributed by atoms with E-state index in [1.165, 1.54) is 6.07 Å². The van der Waals surface area contributed by atoms with E-state index in [2.05, 4.69) is 15.1 Å². The molecule has 90 valence electrons. The fraction of sp³-hybridized carbons (Fsp3) is 0.0833. The van der Waals surface area contributed by atoms with Gasteiger partial charge in [-0.2, -0.15) is 16.4 Å². The zero-order chi connectivity index (χ0) is 12.5. The molecule has 5 nitrogen and oxygen atoms in total. The average molecular weight is 258 g/mol. The Morgan fingerprint density at radius 1 is 1.39 bits per heavy atom. The van der Waals surface area contributed by atoms with Gasteiger partial charge in [0.15, 0.2) is 0 Å². The quantitative estimate of drug-likeness (QED) is 0.763. The van der Waals surface area contributed by atoms with Crippen LogP contribution in [0.25, 0.3) is 22.6 Å². The summed E-state index contributed by atoms with van der Waals surface area (Å²) in [4.78, 5) is 18.9. The van der Waals surface area contributed by atoms with Crippen LogP contribution in [0.1, 0.15) is 0 Å². The van der Waals surface area contributed by atoms with Gasteiger partial charge in [0.1, 0.15) is 5.82 Å². The summed E-state index contributed by atoms with van der Waals surface area (Å²) in [6.07, 6.45) is 3.53. The number of nitrogens with one attached hydrogen (secondary N) is 1. The van der Waals surface area contributed by atoms with Crippen LogP contribution < -0.4 is 5.56 Å². The first-order chi connectivity index (χ1) is 8.72. The molecule has 0 atom stereocenters. The van der Waals surface area contributed by atoms with E-state index in [9.17, 15) is 4.79 Å². The van der Waals surface area contributed by atoms with E-state index in [-0.39, 0.29) is 5.56 Å². The third kappa shape index (κ3) is 1.98. The third-order valence-corrected chi connectivity index (χ3v) is 3.22. The Bertz CT molecular complexity index is 727. The number of H-pyrrole nitrogens is 1. The van der Waals surface area contributed by atoms with Crippen molar-refractivity contribution in [2.45, 2.75) is 0 Å². The predicted molar refractivity (Wildman–Crippen MR) is 70.4 cm³/mol. The van der Waals surface area contributed by atoms with Gasteiger partial charge in [0, 0.05) is 35.8 Å². The average Bonchev–Trinajstić information content (AvgIpc) is 2.98. The van der Waals surface area contributed by atoms with Crippen LogP contribution in [0.5, 0.6) is 0 Å². The smallest absolute Gasteiger partial charge is 0.251 e. The largest absolute Gasteiger partial charge is 0.306 e. The Morgan fingerprint density at radius 3 is 2.94 bits per heavy atom. The third-order valence-electron chi connectivity index (χ3n) is 2.54. The van der Waals surface area contributed by atoms with Crippen LogP contribution in [0.2, 0.25) is 0 Å². The van der Waals surface area contributed by atoms with E-state index < -0.39 is 0 Å². The van der Waals surface area contributed by atoms with Gasteiger partial charge >= 0.3 is 0 Å². The van der Waals surface area contributed by atoms with Gasteiger partial charge < -0.3 is 4.98 Å². The highest BCUT2D eigenvalue weighted by Crippen LogP contribution is 2.20. The maximum atomic E-state index is 11.7. The van der Waals surface area contributed by atoms with Gasteiger partial charge in [-0.05, 0) is 11.4 Å². The van der Waals surface area contributed by atoms with E-state index in [1.54, 1.807) is 22.2 Å². The van der Waals surface area contributed by atoms with Crippen molar-refractivity contribution in [1.82, 2.24) is 19.7 Å². The lowest BCUT2D eigenvalue weighted by molar-refractivity contribution is 0.768. The first-order valence-electron chi connectivity index (χ1n) is 5.35. The maximum Gasteiger partial charge on any atom is 0.251 e. The number of aromatic nitrogens is 4. The monoisotopic (exact) mass is 258 g/mol. The fourth-order valence-electron chi connectivity index (χ4n) is 1.69. The minimum absolute atomic E-state index is 0.162. The van der Waals surface area contributed by atoms with Gasteiger partial charge in [-0.25, -0.2) is 4.98 Å². The highest BCUT2D eigenvalue weighted by Gasteiger charge is 2.07. The minimum Gasteiger partial charge on any atom is -0.306 e. The summed E-state index contributed by atoms with van der Waals surface area (Å²) in [7, 11) is 1.83. The van der Waals surface area contributed by atoms with Gasteiger partial charge in [-0.3, -0.25) is 9.48 Å². The summed E-state index contributed by atoms with van der Waals surface area (Å²) >= 11 is 1.57. The molecule has 0 aliphatic carbocycles. The summed E-state index contributed by atoms with van der Waals surface area (Å²) in [5, 5.41) is 7.98. The summed E-state index contributed by atoms with van der Waals surface area (Å²) in [5.74, 6) is 0.586. The van der Waals surface area contributed by atoms with Crippen LogP contribution in [0.15, 0.2) is 40.1 Å². The molecule has 6 heteroatoms. The number of aryl methyl sites for hydroxylation is 1. The van der Waals surface area contributed by atoms with Crippen molar-refractivity contribution in [2.75, 3.05) is 0 Å². The van der Waals surface area contributed by atoms with Crippen molar-refractivity contribution in [3.63, 3.8) is 0 Å². The summed E-state index contributed by atoms with van der Waals surface area (Å²) in [5.41, 5.74) is 2.22. The van der Waals surface area contributed by atoms with E-state index in [1.807, 2.05) is 30.1 Å². The summed E-state index contributed by atoms with van der Waals surface area (Å²) in [6, 6.07) is 3.41. The first-order valence-corrected chi connectivity index (χ1v) is 6.29. The normalized spacial score (nSPS) is 10.7. The molecule has 0 fully saturated rings. The lowest BCUT2D eigenvalue weighted by Crippen LogP contribution is -2.08. The highest BCUT2D eigenvalue weighted by molar-refractivity contribution is 7.08. The van der Waals surface area contributed by atoms with E-state index in [4.69, 9.17) is 0 Å². The van der Waals surface area contributed by atoms with Gasteiger partial charge in [-0.15, -0.1) is 0 Å². The zero-order valence-electron chi connectivity index (χ0n) is 9.62. The number of hydrogen-bond donors (Lipinski definition) is 1. The molecule has 0 amide bonds. The van der Waals surface area contributed by atoms with Crippen LogP contribution in [-0.4, -0.2) is 19.7 Å². The lowest BCUT2D eigenvalue weighted by Gasteiger charge is -2.00. The van der Waals surface area contributed by atoms with Crippen LogP contribution in [-0.2, 0) is 7.05 Å². The van der Waals surface area contributed by atoms with E-state index in [0.29, 0.717) is 11.5 Å².